The molecule has 42 valence electrons. The number of rotatable bonds is 0. The van der Waals surface area contributed by atoms with Crippen molar-refractivity contribution >= 4 is 8.07 Å². The van der Waals surface area contributed by atoms with E-state index in [-0.39, 0.29) is 19.5 Å². The number of hydrogen-bond acceptors (Lipinski definition) is 0. The fraction of sp³-hybridized carbons (Fsp3) is 0.500. The van der Waals surface area contributed by atoms with Crippen LogP contribution in [0.15, 0.2) is 0 Å². The Morgan fingerprint density at radius 3 is 1.62 bits per heavy atom. The smallest absolute Gasteiger partial charge is 0.0120 e. The third-order valence-electron chi connectivity index (χ3n) is 0.463. The van der Waals surface area contributed by atoms with Gasteiger partial charge in [-0.1, -0.05) is 19.6 Å². The van der Waals surface area contributed by atoms with Gasteiger partial charge in [0.1, 0.15) is 0 Å². The SMILES string of the molecule is [CH2-]C#C[Si](C)(C)C.[Zn]. The van der Waals surface area contributed by atoms with Crippen molar-refractivity contribution in [2.24, 2.45) is 0 Å². The molecule has 0 rings (SSSR count). The van der Waals surface area contributed by atoms with E-state index in [1.54, 1.807) is 0 Å². The Balaban J connectivity index is 0. The Bertz CT molecular complexity index is 102. The summed E-state index contributed by atoms with van der Waals surface area (Å²) >= 11 is 0. The van der Waals surface area contributed by atoms with Crippen molar-refractivity contribution in [3.63, 3.8) is 0 Å². The van der Waals surface area contributed by atoms with E-state index in [4.69, 9.17) is 0 Å². The van der Waals surface area contributed by atoms with Crippen LogP contribution >= 0.6 is 0 Å². The summed E-state index contributed by atoms with van der Waals surface area (Å²) < 4.78 is 0. The minimum absolute atomic E-state index is 0. The maximum absolute atomic E-state index is 3.44. The molecule has 0 spiro atoms. The molecule has 0 aromatic rings. The van der Waals surface area contributed by atoms with Crippen LogP contribution in [0.1, 0.15) is 0 Å². The van der Waals surface area contributed by atoms with Gasteiger partial charge >= 0.3 is 0 Å². The summed E-state index contributed by atoms with van der Waals surface area (Å²) in [6, 6.07) is 0. The van der Waals surface area contributed by atoms with Crippen molar-refractivity contribution in [2.45, 2.75) is 19.6 Å². The number of hydrogen-bond donors (Lipinski definition) is 0. The van der Waals surface area contributed by atoms with Gasteiger partial charge in [-0.3, -0.25) is 5.92 Å². The van der Waals surface area contributed by atoms with E-state index in [0.29, 0.717) is 0 Å². The molecule has 0 amide bonds. The zero-order chi connectivity index (χ0) is 5.91. The largest absolute Gasteiger partial charge is 0.333 e. The molecule has 0 fully saturated rings. The van der Waals surface area contributed by atoms with Gasteiger partial charge in [-0.2, -0.15) is 6.92 Å². The van der Waals surface area contributed by atoms with Gasteiger partial charge in [-0.15, -0.1) is 0 Å². The molecule has 0 atom stereocenters. The predicted molar refractivity (Wildman–Crippen MR) is 36.5 cm³/mol. The molecule has 8 heavy (non-hydrogen) atoms. The Kier molecular flexibility index (Phi) is 5.81. The van der Waals surface area contributed by atoms with Gasteiger partial charge in [0.25, 0.3) is 0 Å². The van der Waals surface area contributed by atoms with Crippen molar-refractivity contribution in [1.29, 1.82) is 0 Å². The van der Waals surface area contributed by atoms with E-state index < -0.39 is 8.07 Å². The van der Waals surface area contributed by atoms with Crippen LogP contribution in [0.25, 0.3) is 0 Å². The van der Waals surface area contributed by atoms with E-state index in [0.717, 1.165) is 0 Å². The Morgan fingerprint density at radius 2 is 1.62 bits per heavy atom. The van der Waals surface area contributed by atoms with Crippen LogP contribution in [0.5, 0.6) is 0 Å². The fourth-order valence-electron chi connectivity index (χ4n) is 0.265. The zero-order valence-electron chi connectivity index (χ0n) is 5.91. The third kappa shape index (κ3) is 9.55. The predicted octanol–water partition coefficient (Wildman–Crippen LogP) is 1.70. The van der Waals surface area contributed by atoms with Crippen LogP contribution in [0.3, 0.4) is 0 Å². The van der Waals surface area contributed by atoms with Crippen molar-refractivity contribution in [1.82, 2.24) is 0 Å². The van der Waals surface area contributed by atoms with E-state index in [1.165, 1.54) is 0 Å². The Morgan fingerprint density at radius 1 is 1.25 bits per heavy atom. The van der Waals surface area contributed by atoms with Crippen LogP contribution in [0.2, 0.25) is 19.6 Å². The van der Waals surface area contributed by atoms with E-state index in [2.05, 4.69) is 38.0 Å². The molecule has 0 aromatic carbocycles. The summed E-state index contributed by atoms with van der Waals surface area (Å²) in [4.78, 5) is 0. The van der Waals surface area contributed by atoms with Crippen LogP contribution in [-0.2, 0) is 19.5 Å². The Hall–Kier alpha value is 0.270. The molecule has 0 aromatic heterocycles. The molecule has 0 bridgehead atoms. The first-order valence-corrected chi connectivity index (χ1v) is 5.85. The molecule has 0 saturated heterocycles. The van der Waals surface area contributed by atoms with Crippen LogP contribution in [0.4, 0.5) is 0 Å². The molecule has 2 heteroatoms. The second kappa shape index (κ2) is 4.18. The zero-order valence-corrected chi connectivity index (χ0v) is 9.88. The summed E-state index contributed by atoms with van der Waals surface area (Å²) in [7, 11) is -1.08. The first-order chi connectivity index (χ1) is 3.06. The van der Waals surface area contributed by atoms with Crippen molar-refractivity contribution < 1.29 is 19.5 Å². The van der Waals surface area contributed by atoms with Crippen LogP contribution in [0, 0.1) is 18.4 Å². The summed E-state index contributed by atoms with van der Waals surface area (Å²) in [5.41, 5.74) is 3.06. The topological polar surface area (TPSA) is 0 Å². The minimum Gasteiger partial charge on any atom is -0.333 e. The standard InChI is InChI=1S/C6H11Si.Zn/c1-5-6-7(2,3)4;/h1H2,2-4H3;/q-1;. The quantitative estimate of drug-likeness (QED) is 0.300. The molecule has 0 radical (unpaired) electrons. The molecule has 0 N–H and O–H groups in total. The van der Waals surface area contributed by atoms with Gasteiger partial charge < -0.3 is 5.54 Å². The minimum atomic E-state index is -1.08. The van der Waals surface area contributed by atoms with E-state index in [9.17, 15) is 0 Å². The Labute approximate surface area is 65.8 Å². The summed E-state index contributed by atoms with van der Waals surface area (Å²) in [6.07, 6.45) is 0. The molecule has 0 aliphatic carbocycles. The monoisotopic (exact) mass is 175 g/mol. The molecular weight excluding hydrogens is 166 g/mol. The summed E-state index contributed by atoms with van der Waals surface area (Å²) in [6.45, 7) is 10.0. The normalized spacial score (nSPS) is 8.38. The van der Waals surface area contributed by atoms with Crippen molar-refractivity contribution in [3.05, 3.63) is 6.92 Å². The van der Waals surface area contributed by atoms with E-state index in [1.807, 2.05) is 0 Å². The van der Waals surface area contributed by atoms with Crippen molar-refractivity contribution in [3.8, 4) is 11.5 Å². The van der Waals surface area contributed by atoms with Gasteiger partial charge in [0.15, 0.2) is 0 Å². The van der Waals surface area contributed by atoms with Gasteiger partial charge in [0, 0.05) is 27.6 Å². The molecule has 0 saturated carbocycles. The second-order valence-electron chi connectivity index (χ2n) is 2.55. The van der Waals surface area contributed by atoms with Crippen LogP contribution in [-0.4, -0.2) is 8.07 Å². The summed E-state index contributed by atoms with van der Waals surface area (Å²) in [5, 5.41) is 0. The van der Waals surface area contributed by atoms with Gasteiger partial charge in [0.2, 0.25) is 0 Å². The average molecular weight is 177 g/mol. The van der Waals surface area contributed by atoms with Gasteiger partial charge in [0.05, 0.1) is 0 Å². The maximum Gasteiger partial charge on any atom is 0.0120 e. The molecular formula is C6H11SiZn-. The van der Waals surface area contributed by atoms with Crippen molar-refractivity contribution in [2.75, 3.05) is 0 Å². The van der Waals surface area contributed by atoms with E-state index >= 15 is 0 Å². The molecule has 0 unspecified atom stereocenters. The molecule has 0 aliphatic rings. The molecule has 0 nitrogen and oxygen atoms in total. The second-order valence-corrected chi connectivity index (χ2v) is 7.30. The average Bonchev–Trinajstić information content (AvgIpc) is 1.30. The molecule has 0 heterocycles. The van der Waals surface area contributed by atoms with Gasteiger partial charge in [-0.25, -0.2) is 0 Å². The fourth-order valence-corrected chi connectivity index (χ4v) is 0.795. The maximum atomic E-state index is 3.44. The summed E-state index contributed by atoms with van der Waals surface area (Å²) in [5.74, 6) is 2.67. The third-order valence-corrected chi connectivity index (χ3v) is 1.39. The molecule has 0 aliphatic heterocycles. The van der Waals surface area contributed by atoms with Crippen LogP contribution < -0.4 is 0 Å². The van der Waals surface area contributed by atoms with Gasteiger partial charge in [-0.05, 0) is 0 Å². The first-order valence-electron chi connectivity index (χ1n) is 2.35. The first kappa shape index (κ1) is 11.1.